The van der Waals surface area contributed by atoms with Gasteiger partial charge in [0.25, 0.3) is 0 Å². The quantitative estimate of drug-likeness (QED) is 0.786. The number of halogens is 1. The number of rotatable bonds is 7. The topological polar surface area (TPSA) is 41.6 Å². The number of hydrogen-bond donors (Lipinski definition) is 1. The maximum absolute atomic E-state index is 13.1. The van der Waals surface area contributed by atoms with E-state index in [-0.39, 0.29) is 17.8 Å². The molecule has 1 unspecified atom stereocenters. The summed E-state index contributed by atoms with van der Waals surface area (Å²) in [6.07, 6.45) is 2.04. The summed E-state index contributed by atoms with van der Waals surface area (Å²) in [5.74, 6) is 0.558. The molecule has 2 aromatic carbocycles. The molecular formula is C20H23FN2O2. The van der Waals surface area contributed by atoms with Crippen LogP contribution >= 0.6 is 0 Å². The highest BCUT2D eigenvalue weighted by Gasteiger charge is 2.27. The van der Waals surface area contributed by atoms with Gasteiger partial charge in [0, 0.05) is 6.04 Å². The number of ether oxygens (including phenoxy) is 1. The fourth-order valence-electron chi connectivity index (χ4n) is 3.19. The second-order valence-corrected chi connectivity index (χ2v) is 6.19. The molecule has 3 rings (SSSR count). The number of carbonyl (C=O) groups excluding carboxylic acids is 1. The smallest absolute Gasteiger partial charge is 0.234 e. The summed E-state index contributed by atoms with van der Waals surface area (Å²) in [6, 6.07) is 16.3. The number of nitrogens with zero attached hydrogens (tertiary/aromatic N) is 1. The lowest BCUT2D eigenvalue weighted by Gasteiger charge is -2.24. The molecule has 132 valence electrons. The van der Waals surface area contributed by atoms with Gasteiger partial charge in [-0.1, -0.05) is 30.3 Å². The van der Waals surface area contributed by atoms with Gasteiger partial charge in [0.15, 0.2) is 0 Å². The lowest BCUT2D eigenvalue weighted by atomic mass is 10.0. The third-order valence-electron chi connectivity index (χ3n) is 4.40. The Morgan fingerprint density at radius 3 is 2.68 bits per heavy atom. The van der Waals surface area contributed by atoms with Gasteiger partial charge in [0.05, 0.1) is 13.1 Å². The molecule has 0 saturated carbocycles. The molecule has 2 aromatic rings. The van der Waals surface area contributed by atoms with E-state index in [0.717, 1.165) is 30.7 Å². The van der Waals surface area contributed by atoms with E-state index >= 15 is 0 Å². The zero-order valence-corrected chi connectivity index (χ0v) is 14.2. The predicted octanol–water partition coefficient (Wildman–Crippen LogP) is 3.16. The van der Waals surface area contributed by atoms with Crippen LogP contribution in [-0.2, 0) is 4.79 Å². The van der Waals surface area contributed by atoms with Crippen LogP contribution in [0, 0.1) is 5.82 Å². The molecule has 1 atom stereocenters. The second-order valence-electron chi connectivity index (χ2n) is 6.19. The Morgan fingerprint density at radius 2 is 1.92 bits per heavy atom. The van der Waals surface area contributed by atoms with Crippen molar-refractivity contribution in [2.45, 2.75) is 18.9 Å². The van der Waals surface area contributed by atoms with Gasteiger partial charge >= 0.3 is 0 Å². The monoisotopic (exact) mass is 342 g/mol. The summed E-state index contributed by atoms with van der Waals surface area (Å²) in [5, 5.41) is 2.90. The Labute approximate surface area is 147 Å². The molecule has 0 aromatic heterocycles. The van der Waals surface area contributed by atoms with Crippen LogP contribution in [0.2, 0.25) is 0 Å². The molecule has 1 amide bonds. The van der Waals surface area contributed by atoms with E-state index < -0.39 is 0 Å². The number of hydrogen-bond acceptors (Lipinski definition) is 3. The highest BCUT2D eigenvalue weighted by molar-refractivity contribution is 5.78. The SMILES string of the molecule is O=C(CN1CCCC1c1ccc(F)cc1)NCCOc1ccccc1. The minimum atomic E-state index is -0.232. The van der Waals surface area contributed by atoms with Gasteiger partial charge in [-0.3, -0.25) is 9.69 Å². The molecule has 4 nitrogen and oxygen atoms in total. The van der Waals surface area contributed by atoms with Crippen molar-refractivity contribution in [1.29, 1.82) is 0 Å². The molecule has 1 N–H and O–H groups in total. The first kappa shape index (κ1) is 17.4. The van der Waals surface area contributed by atoms with Crippen molar-refractivity contribution in [3.63, 3.8) is 0 Å². The fourth-order valence-corrected chi connectivity index (χ4v) is 3.19. The lowest BCUT2D eigenvalue weighted by molar-refractivity contribution is -0.122. The Balaban J connectivity index is 1.43. The maximum Gasteiger partial charge on any atom is 0.234 e. The lowest BCUT2D eigenvalue weighted by Crippen LogP contribution is -2.38. The van der Waals surface area contributed by atoms with Crippen LogP contribution in [0.1, 0.15) is 24.4 Å². The molecule has 0 spiro atoms. The molecule has 1 aliphatic heterocycles. The molecule has 0 aliphatic carbocycles. The van der Waals surface area contributed by atoms with Crippen LogP contribution < -0.4 is 10.1 Å². The van der Waals surface area contributed by atoms with Crippen molar-refractivity contribution in [2.24, 2.45) is 0 Å². The van der Waals surface area contributed by atoms with Crippen molar-refractivity contribution < 1.29 is 13.9 Å². The number of para-hydroxylation sites is 1. The van der Waals surface area contributed by atoms with E-state index in [0.29, 0.717) is 19.7 Å². The van der Waals surface area contributed by atoms with Crippen molar-refractivity contribution in [3.05, 3.63) is 66.0 Å². The van der Waals surface area contributed by atoms with E-state index in [1.807, 2.05) is 42.5 Å². The van der Waals surface area contributed by atoms with E-state index in [4.69, 9.17) is 4.74 Å². The van der Waals surface area contributed by atoms with E-state index in [1.165, 1.54) is 12.1 Å². The number of nitrogens with one attached hydrogen (secondary N) is 1. The molecule has 1 aliphatic rings. The molecule has 1 saturated heterocycles. The minimum absolute atomic E-state index is 0.00864. The number of carbonyl (C=O) groups is 1. The molecule has 0 radical (unpaired) electrons. The number of likely N-dealkylation sites (tertiary alicyclic amines) is 1. The van der Waals surface area contributed by atoms with Crippen molar-refractivity contribution in [3.8, 4) is 5.75 Å². The number of amides is 1. The maximum atomic E-state index is 13.1. The van der Waals surface area contributed by atoms with Gasteiger partial charge in [-0.15, -0.1) is 0 Å². The van der Waals surface area contributed by atoms with E-state index in [9.17, 15) is 9.18 Å². The highest BCUT2D eigenvalue weighted by atomic mass is 19.1. The molecule has 1 heterocycles. The van der Waals surface area contributed by atoms with Crippen LogP contribution in [0.25, 0.3) is 0 Å². The Bertz CT molecular complexity index is 676. The highest BCUT2D eigenvalue weighted by Crippen LogP contribution is 2.31. The zero-order valence-electron chi connectivity index (χ0n) is 14.2. The van der Waals surface area contributed by atoms with Gasteiger partial charge in [0.1, 0.15) is 18.2 Å². The first-order valence-corrected chi connectivity index (χ1v) is 8.66. The van der Waals surface area contributed by atoms with Gasteiger partial charge in [-0.05, 0) is 49.2 Å². The van der Waals surface area contributed by atoms with Gasteiger partial charge in [0.2, 0.25) is 5.91 Å². The second kappa shape index (κ2) is 8.62. The largest absolute Gasteiger partial charge is 0.492 e. The summed E-state index contributed by atoms with van der Waals surface area (Å²) in [5.41, 5.74) is 1.07. The van der Waals surface area contributed by atoms with Gasteiger partial charge < -0.3 is 10.1 Å². The van der Waals surface area contributed by atoms with E-state index in [1.54, 1.807) is 0 Å². The standard InChI is InChI=1S/C20H23FN2O2/c21-17-10-8-16(9-11-17)19-7-4-13-23(19)15-20(24)22-12-14-25-18-5-2-1-3-6-18/h1-3,5-6,8-11,19H,4,7,12-15H2,(H,22,24). The summed E-state index contributed by atoms with van der Waals surface area (Å²) in [6.45, 7) is 2.16. The van der Waals surface area contributed by atoms with Crippen LogP contribution in [0.4, 0.5) is 4.39 Å². The summed E-state index contributed by atoms with van der Waals surface area (Å²) in [7, 11) is 0. The Kier molecular flexibility index (Phi) is 6.01. The van der Waals surface area contributed by atoms with Crippen molar-refractivity contribution >= 4 is 5.91 Å². The van der Waals surface area contributed by atoms with Crippen LogP contribution in [0.5, 0.6) is 5.75 Å². The Hall–Kier alpha value is -2.40. The Morgan fingerprint density at radius 1 is 1.16 bits per heavy atom. The first-order valence-electron chi connectivity index (χ1n) is 8.66. The summed E-state index contributed by atoms with van der Waals surface area (Å²) in [4.78, 5) is 14.3. The minimum Gasteiger partial charge on any atom is -0.492 e. The summed E-state index contributed by atoms with van der Waals surface area (Å²) >= 11 is 0. The molecule has 25 heavy (non-hydrogen) atoms. The molecule has 1 fully saturated rings. The fraction of sp³-hybridized carbons (Fsp3) is 0.350. The first-order chi connectivity index (χ1) is 12.2. The van der Waals surface area contributed by atoms with Crippen molar-refractivity contribution in [1.82, 2.24) is 10.2 Å². The van der Waals surface area contributed by atoms with E-state index in [2.05, 4.69) is 10.2 Å². The van der Waals surface area contributed by atoms with Gasteiger partial charge in [-0.2, -0.15) is 0 Å². The summed E-state index contributed by atoms with van der Waals surface area (Å²) < 4.78 is 18.7. The van der Waals surface area contributed by atoms with Gasteiger partial charge in [-0.25, -0.2) is 4.39 Å². The van der Waals surface area contributed by atoms with Crippen LogP contribution in [0.3, 0.4) is 0 Å². The molecule has 0 bridgehead atoms. The third-order valence-corrected chi connectivity index (χ3v) is 4.40. The zero-order chi connectivity index (χ0) is 17.5. The average Bonchev–Trinajstić information content (AvgIpc) is 3.08. The average molecular weight is 342 g/mol. The van der Waals surface area contributed by atoms with Crippen molar-refractivity contribution in [2.75, 3.05) is 26.2 Å². The third kappa shape index (κ3) is 5.03. The molecular weight excluding hydrogens is 319 g/mol. The van der Waals surface area contributed by atoms with Crippen LogP contribution in [0.15, 0.2) is 54.6 Å². The predicted molar refractivity (Wildman–Crippen MR) is 94.9 cm³/mol. The van der Waals surface area contributed by atoms with Crippen LogP contribution in [-0.4, -0.2) is 37.0 Å². The molecule has 5 heteroatoms. The number of benzene rings is 2. The normalized spacial score (nSPS) is 17.4.